The van der Waals surface area contributed by atoms with Crippen LogP contribution in [-0.4, -0.2) is 36.3 Å². The standard InChI is InChI=1S/C20H18N4O4/c1-27-14-7-5-6-13(12-14)19(25)22-18-11-10-17(23-24-18)21-16-9-4-3-8-15(16)20(26)28-2/h3-12H,1-2H3,(H,21,23)(H,22,24,25). The Morgan fingerprint density at radius 2 is 1.64 bits per heavy atom. The van der Waals surface area contributed by atoms with E-state index in [1.165, 1.54) is 14.2 Å². The molecular formula is C20H18N4O4. The van der Waals surface area contributed by atoms with Gasteiger partial charge in [-0.3, -0.25) is 4.79 Å². The number of ether oxygens (including phenoxy) is 2. The number of aromatic nitrogens is 2. The molecule has 0 spiro atoms. The van der Waals surface area contributed by atoms with Crippen molar-refractivity contribution in [2.45, 2.75) is 0 Å². The van der Waals surface area contributed by atoms with Crippen LogP contribution in [-0.2, 0) is 4.74 Å². The van der Waals surface area contributed by atoms with Crippen molar-refractivity contribution in [1.82, 2.24) is 10.2 Å². The topological polar surface area (TPSA) is 102 Å². The van der Waals surface area contributed by atoms with Gasteiger partial charge >= 0.3 is 5.97 Å². The van der Waals surface area contributed by atoms with Gasteiger partial charge in [0.25, 0.3) is 5.91 Å². The molecule has 0 saturated carbocycles. The number of benzene rings is 2. The van der Waals surface area contributed by atoms with Gasteiger partial charge in [0.2, 0.25) is 0 Å². The van der Waals surface area contributed by atoms with Crippen LogP contribution in [0.15, 0.2) is 60.7 Å². The molecule has 0 bridgehead atoms. The molecule has 8 heteroatoms. The highest BCUT2D eigenvalue weighted by atomic mass is 16.5. The van der Waals surface area contributed by atoms with Crippen LogP contribution >= 0.6 is 0 Å². The summed E-state index contributed by atoms with van der Waals surface area (Å²) in [5.74, 6) is 0.501. The molecule has 0 aliphatic rings. The molecular weight excluding hydrogens is 360 g/mol. The van der Waals surface area contributed by atoms with Crippen LogP contribution in [0.25, 0.3) is 0 Å². The van der Waals surface area contributed by atoms with Gasteiger partial charge in [-0.1, -0.05) is 18.2 Å². The molecule has 1 amide bonds. The van der Waals surface area contributed by atoms with Gasteiger partial charge in [0.1, 0.15) is 5.75 Å². The van der Waals surface area contributed by atoms with Crippen LogP contribution < -0.4 is 15.4 Å². The maximum atomic E-state index is 12.3. The van der Waals surface area contributed by atoms with E-state index < -0.39 is 5.97 Å². The molecule has 0 aliphatic carbocycles. The molecule has 1 aromatic heterocycles. The SMILES string of the molecule is COC(=O)c1ccccc1Nc1ccc(NC(=O)c2cccc(OC)c2)nn1. The van der Waals surface area contributed by atoms with E-state index in [1.54, 1.807) is 60.7 Å². The fourth-order valence-corrected chi connectivity index (χ4v) is 2.44. The van der Waals surface area contributed by atoms with Crippen LogP contribution in [0, 0.1) is 0 Å². The zero-order valence-electron chi connectivity index (χ0n) is 15.3. The van der Waals surface area contributed by atoms with Crippen LogP contribution in [0.1, 0.15) is 20.7 Å². The van der Waals surface area contributed by atoms with E-state index in [1.807, 2.05) is 0 Å². The minimum Gasteiger partial charge on any atom is -0.497 e. The van der Waals surface area contributed by atoms with Gasteiger partial charge in [-0.2, -0.15) is 0 Å². The second kappa shape index (κ2) is 8.63. The lowest BCUT2D eigenvalue weighted by Crippen LogP contribution is -2.13. The summed E-state index contributed by atoms with van der Waals surface area (Å²) in [6, 6.07) is 16.9. The van der Waals surface area contributed by atoms with Gasteiger partial charge in [0, 0.05) is 5.56 Å². The van der Waals surface area contributed by atoms with E-state index in [4.69, 9.17) is 9.47 Å². The highest BCUT2D eigenvalue weighted by molar-refractivity contribution is 6.04. The van der Waals surface area contributed by atoms with Crippen molar-refractivity contribution in [1.29, 1.82) is 0 Å². The molecule has 28 heavy (non-hydrogen) atoms. The summed E-state index contributed by atoms with van der Waals surface area (Å²) in [5.41, 5.74) is 1.36. The lowest BCUT2D eigenvalue weighted by Gasteiger charge is -2.10. The van der Waals surface area contributed by atoms with Crippen molar-refractivity contribution in [2.24, 2.45) is 0 Å². The maximum Gasteiger partial charge on any atom is 0.339 e. The number of carbonyl (C=O) groups excluding carboxylic acids is 2. The zero-order chi connectivity index (χ0) is 19.9. The van der Waals surface area contributed by atoms with Crippen molar-refractivity contribution < 1.29 is 19.1 Å². The molecule has 0 unspecified atom stereocenters. The van der Waals surface area contributed by atoms with Crippen LogP contribution in [0.4, 0.5) is 17.3 Å². The Kier molecular flexibility index (Phi) is 5.81. The fourth-order valence-electron chi connectivity index (χ4n) is 2.44. The molecule has 3 rings (SSSR count). The van der Waals surface area contributed by atoms with Gasteiger partial charge < -0.3 is 20.1 Å². The van der Waals surface area contributed by atoms with E-state index in [0.717, 1.165) is 0 Å². The Labute approximate surface area is 161 Å². The highest BCUT2D eigenvalue weighted by Crippen LogP contribution is 2.21. The Morgan fingerprint density at radius 3 is 2.36 bits per heavy atom. The highest BCUT2D eigenvalue weighted by Gasteiger charge is 2.12. The van der Waals surface area contributed by atoms with Crippen molar-refractivity contribution in [2.75, 3.05) is 24.9 Å². The second-order valence-corrected chi connectivity index (χ2v) is 5.65. The summed E-state index contributed by atoms with van der Waals surface area (Å²) in [6.07, 6.45) is 0. The average Bonchev–Trinajstić information content (AvgIpc) is 2.75. The zero-order valence-corrected chi connectivity index (χ0v) is 15.3. The summed E-state index contributed by atoms with van der Waals surface area (Å²) in [6.45, 7) is 0. The largest absolute Gasteiger partial charge is 0.497 e. The lowest BCUT2D eigenvalue weighted by molar-refractivity contribution is 0.0601. The van der Waals surface area contributed by atoms with E-state index in [9.17, 15) is 9.59 Å². The maximum absolute atomic E-state index is 12.3. The van der Waals surface area contributed by atoms with Gasteiger partial charge in [-0.25, -0.2) is 4.79 Å². The normalized spacial score (nSPS) is 10.1. The molecule has 8 nitrogen and oxygen atoms in total. The number of hydrogen-bond acceptors (Lipinski definition) is 7. The third kappa shape index (κ3) is 4.42. The van der Waals surface area contributed by atoms with Gasteiger partial charge in [0.15, 0.2) is 11.6 Å². The van der Waals surface area contributed by atoms with Crippen molar-refractivity contribution in [3.05, 3.63) is 71.8 Å². The minimum atomic E-state index is -0.460. The Hall–Kier alpha value is -3.94. The molecule has 2 N–H and O–H groups in total. The van der Waals surface area contributed by atoms with E-state index >= 15 is 0 Å². The number of carbonyl (C=O) groups is 2. The summed E-state index contributed by atoms with van der Waals surface area (Å²) in [5, 5.41) is 13.7. The predicted octanol–water partition coefficient (Wildman–Crippen LogP) is 3.27. The first kappa shape index (κ1) is 18.8. The molecule has 142 valence electrons. The van der Waals surface area contributed by atoms with E-state index in [2.05, 4.69) is 20.8 Å². The predicted molar refractivity (Wildman–Crippen MR) is 104 cm³/mol. The molecule has 0 atom stereocenters. The number of nitrogens with one attached hydrogen (secondary N) is 2. The number of hydrogen-bond donors (Lipinski definition) is 2. The summed E-state index contributed by atoms with van der Waals surface area (Å²) in [7, 11) is 2.85. The molecule has 0 fully saturated rings. The molecule has 0 saturated heterocycles. The first-order chi connectivity index (χ1) is 13.6. The number of esters is 1. The molecule has 2 aromatic carbocycles. The van der Waals surface area contributed by atoms with E-state index in [-0.39, 0.29) is 5.91 Å². The van der Waals surface area contributed by atoms with Crippen LogP contribution in [0.3, 0.4) is 0 Å². The number of anilines is 3. The average molecular weight is 378 g/mol. The van der Waals surface area contributed by atoms with Gasteiger partial charge in [-0.05, 0) is 42.5 Å². The van der Waals surface area contributed by atoms with Crippen molar-refractivity contribution in [3.8, 4) is 5.75 Å². The lowest BCUT2D eigenvalue weighted by atomic mass is 10.2. The number of nitrogens with zero attached hydrogens (tertiary/aromatic N) is 2. The molecule has 0 radical (unpaired) electrons. The second-order valence-electron chi connectivity index (χ2n) is 5.65. The van der Waals surface area contributed by atoms with Crippen molar-refractivity contribution in [3.63, 3.8) is 0 Å². The van der Waals surface area contributed by atoms with Crippen LogP contribution in [0.5, 0.6) is 5.75 Å². The Bertz CT molecular complexity index is 990. The minimum absolute atomic E-state index is 0.291. The van der Waals surface area contributed by atoms with E-state index in [0.29, 0.717) is 34.2 Å². The molecule has 1 heterocycles. The number of para-hydroxylation sites is 1. The number of amides is 1. The summed E-state index contributed by atoms with van der Waals surface area (Å²) < 4.78 is 9.88. The third-order valence-corrected chi connectivity index (χ3v) is 3.83. The van der Waals surface area contributed by atoms with Gasteiger partial charge in [0.05, 0.1) is 25.5 Å². The fraction of sp³-hybridized carbons (Fsp3) is 0.100. The Morgan fingerprint density at radius 1 is 0.893 bits per heavy atom. The van der Waals surface area contributed by atoms with Gasteiger partial charge in [-0.15, -0.1) is 10.2 Å². The number of methoxy groups -OCH3 is 2. The Balaban J connectivity index is 1.70. The monoisotopic (exact) mass is 378 g/mol. The first-order valence-electron chi connectivity index (χ1n) is 8.34. The molecule has 3 aromatic rings. The third-order valence-electron chi connectivity index (χ3n) is 3.83. The van der Waals surface area contributed by atoms with Crippen molar-refractivity contribution >= 4 is 29.2 Å². The first-order valence-corrected chi connectivity index (χ1v) is 8.34. The number of rotatable bonds is 6. The summed E-state index contributed by atoms with van der Waals surface area (Å²) in [4.78, 5) is 24.1. The summed E-state index contributed by atoms with van der Waals surface area (Å²) >= 11 is 0. The quantitative estimate of drug-likeness (QED) is 0.635. The van der Waals surface area contributed by atoms with Crippen LogP contribution in [0.2, 0.25) is 0 Å². The molecule has 0 aliphatic heterocycles. The smallest absolute Gasteiger partial charge is 0.339 e.